The van der Waals surface area contributed by atoms with E-state index < -0.39 is 27.9 Å². The van der Waals surface area contributed by atoms with Gasteiger partial charge in [0.1, 0.15) is 11.9 Å². The van der Waals surface area contributed by atoms with Gasteiger partial charge in [-0.25, -0.2) is 12.8 Å². The van der Waals surface area contributed by atoms with E-state index in [1.54, 1.807) is 24.3 Å². The number of carboxylic acid groups (broad SMARTS) is 1. The fraction of sp³-hybridized carbons (Fsp3) is 0.154. The summed E-state index contributed by atoms with van der Waals surface area (Å²) in [6.07, 6.45) is 2.99. The number of halogens is 2. The Morgan fingerprint density at radius 2 is 1.53 bits per heavy atom. The van der Waals surface area contributed by atoms with Gasteiger partial charge in [-0.15, -0.1) is 0 Å². The Kier molecular flexibility index (Phi) is 9.35. The maximum Gasteiger partial charge on any atom is 0.321 e. The molecule has 3 aromatic rings. The molecule has 0 saturated heterocycles. The van der Waals surface area contributed by atoms with Crippen LogP contribution in [0.2, 0.25) is 5.02 Å². The van der Waals surface area contributed by atoms with Crippen molar-refractivity contribution in [3.63, 3.8) is 0 Å². The molecule has 0 unspecified atom stereocenters. The third kappa shape index (κ3) is 8.01. The van der Waals surface area contributed by atoms with Gasteiger partial charge in [0.05, 0.1) is 4.90 Å². The summed E-state index contributed by atoms with van der Waals surface area (Å²) in [6, 6.07) is 17.4. The number of sulfonamides is 1. The lowest BCUT2D eigenvalue weighted by atomic mass is 10.1. The van der Waals surface area contributed by atoms with Crippen molar-refractivity contribution in [1.82, 2.24) is 10.0 Å². The van der Waals surface area contributed by atoms with E-state index in [1.165, 1.54) is 48.6 Å². The molecule has 1 amide bonds. The van der Waals surface area contributed by atoms with Gasteiger partial charge < -0.3 is 10.4 Å². The van der Waals surface area contributed by atoms with Crippen LogP contribution in [-0.4, -0.2) is 38.0 Å². The molecular weight excluding hydrogens is 507 g/mol. The minimum atomic E-state index is -4.08. The Bertz CT molecular complexity index is 1330. The van der Waals surface area contributed by atoms with Crippen molar-refractivity contribution >= 4 is 39.6 Å². The molecule has 0 radical (unpaired) electrons. The molecule has 3 rings (SSSR count). The number of carbonyl (C=O) groups is 2. The van der Waals surface area contributed by atoms with E-state index in [9.17, 15) is 27.5 Å². The van der Waals surface area contributed by atoms with Gasteiger partial charge in [-0.1, -0.05) is 48.0 Å². The molecule has 0 aromatic heterocycles. The van der Waals surface area contributed by atoms with Crippen LogP contribution in [-0.2, 0) is 19.6 Å². The fourth-order valence-corrected chi connectivity index (χ4v) is 4.63. The highest BCUT2D eigenvalue weighted by Gasteiger charge is 2.25. The van der Waals surface area contributed by atoms with Crippen LogP contribution in [0.1, 0.15) is 18.4 Å². The number of carboxylic acids is 1. The van der Waals surface area contributed by atoms with E-state index in [-0.39, 0.29) is 30.1 Å². The maximum atomic E-state index is 12.9. The van der Waals surface area contributed by atoms with Crippen LogP contribution in [0.4, 0.5) is 4.39 Å². The normalized spacial score (nSPS) is 12.4. The molecule has 10 heteroatoms. The van der Waals surface area contributed by atoms with Gasteiger partial charge in [0, 0.05) is 17.6 Å². The predicted molar refractivity (Wildman–Crippen MR) is 136 cm³/mol. The smallest absolute Gasteiger partial charge is 0.321 e. The predicted octanol–water partition coefficient (Wildman–Crippen LogP) is 4.49. The van der Waals surface area contributed by atoms with Crippen LogP contribution < -0.4 is 10.0 Å². The van der Waals surface area contributed by atoms with Crippen LogP contribution in [0.3, 0.4) is 0 Å². The van der Waals surface area contributed by atoms with E-state index in [1.807, 2.05) is 12.1 Å². The lowest BCUT2D eigenvalue weighted by Gasteiger charge is -2.15. The van der Waals surface area contributed by atoms with Gasteiger partial charge >= 0.3 is 5.97 Å². The number of aliphatic carboxylic acids is 1. The Labute approximate surface area is 213 Å². The third-order valence-electron chi connectivity index (χ3n) is 5.20. The van der Waals surface area contributed by atoms with Crippen molar-refractivity contribution < 1.29 is 27.5 Å². The first-order chi connectivity index (χ1) is 17.1. The van der Waals surface area contributed by atoms with Gasteiger partial charge in [-0.3, -0.25) is 9.59 Å². The molecule has 0 heterocycles. The van der Waals surface area contributed by atoms with Gasteiger partial charge in [-0.2, -0.15) is 4.72 Å². The summed E-state index contributed by atoms with van der Waals surface area (Å²) in [5.74, 6) is -2.11. The van der Waals surface area contributed by atoms with Gasteiger partial charge in [0.15, 0.2) is 0 Å². The summed E-state index contributed by atoms with van der Waals surface area (Å²) in [5, 5.41) is 12.7. The molecular formula is C26H24ClFN2O5S. The first-order valence-electron chi connectivity index (χ1n) is 11.0. The second kappa shape index (κ2) is 12.4. The first kappa shape index (κ1) is 27.1. The van der Waals surface area contributed by atoms with Crippen molar-refractivity contribution in [3.05, 3.63) is 95.3 Å². The van der Waals surface area contributed by atoms with Gasteiger partial charge in [0.25, 0.3) is 0 Å². The van der Waals surface area contributed by atoms with Crippen molar-refractivity contribution in [2.24, 2.45) is 0 Å². The number of nitrogens with one attached hydrogen (secondary N) is 2. The van der Waals surface area contributed by atoms with Crippen LogP contribution in [0.5, 0.6) is 0 Å². The average molecular weight is 531 g/mol. The van der Waals surface area contributed by atoms with Crippen molar-refractivity contribution in [2.45, 2.75) is 23.8 Å². The number of hydrogen-bond acceptors (Lipinski definition) is 4. The quantitative estimate of drug-likeness (QED) is 0.250. The molecule has 0 aliphatic rings. The largest absolute Gasteiger partial charge is 0.480 e. The van der Waals surface area contributed by atoms with Gasteiger partial charge in [0.2, 0.25) is 15.9 Å². The highest BCUT2D eigenvalue weighted by molar-refractivity contribution is 7.89. The SMILES string of the molecule is O=C(C=Cc1ccc(F)cc1)NCCC[C@H](NS(=O)(=O)c1ccc(-c2ccc(Cl)cc2)cc1)C(=O)O. The van der Waals surface area contributed by atoms with E-state index in [4.69, 9.17) is 11.6 Å². The maximum absolute atomic E-state index is 12.9. The van der Waals surface area contributed by atoms with Crippen molar-refractivity contribution in [3.8, 4) is 11.1 Å². The zero-order valence-corrected chi connectivity index (χ0v) is 20.6. The first-order valence-corrected chi connectivity index (χ1v) is 12.8. The second-order valence-electron chi connectivity index (χ2n) is 7.86. The number of amides is 1. The van der Waals surface area contributed by atoms with E-state index >= 15 is 0 Å². The van der Waals surface area contributed by atoms with Crippen LogP contribution >= 0.6 is 11.6 Å². The molecule has 3 N–H and O–H groups in total. The summed E-state index contributed by atoms with van der Waals surface area (Å²) in [4.78, 5) is 23.5. The molecule has 0 saturated carbocycles. The standard InChI is InChI=1S/C26H24ClFN2O5S/c27-21-10-6-19(7-11-21)20-8-14-23(15-9-20)36(34,35)30-24(26(32)33)2-1-17-29-25(31)16-5-18-3-12-22(28)13-4-18/h3-16,24,30H,1-2,17H2,(H,29,31)(H,32,33)/t24-/m0/s1. The lowest BCUT2D eigenvalue weighted by Crippen LogP contribution is -2.41. The summed E-state index contributed by atoms with van der Waals surface area (Å²) in [5.41, 5.74) is 2.28. The molecule has 0 bridgehead atoms. The van der Waals surface area contributed by atoms with Crippen molar-refractivity contribution in [2.75, 3.05) is 6.54 Å². The van der Waals surface area contributed by atoms with E-state index in [0.717, 1.165) is 11.1 Å². The molecule has 0 spiro atoms. The van der Waals surface area contributed by atoms with Crippen LogP contribution in [0.25, 0.3) is 17.2 Å². The zero-order chi connectivity index (χ0) is 26.1. The molecule has 188 valence electrons. The van der Waals surface area contributed by atoms with Crippen LogP contribution in [0, 0.1) is 5.82 Å². The lowest BCUT2D eigenvalue weighted by molar-refractivity contribution is -0.139. The molecule has 3 aromatic carbocycles. The molecule has 1 atom stereocenters. The summed E-state index contributed by atoms with van der Waals surface area (Å²) < 4.78 is 40.6. The number of rotatable bonds is 11. The molecule has 0 aliphatic carbocycles. The van der Waals surface area contributed by atoms with Crippen molar-refractivity contribution in [1.29, 1.82) is 0 Å². The summed E-state index contributed by atoms with van der Waals surface area (Å²) in [6.45, 7) is 0.147. The van der Waals surface area contributed by atoms with Crippen LogP contribution in [0.15, 0.2) is 83.8 Å². The van der Waals surface area contributed by atoms with E-state index in [2.05, 4.69) is 10.0 Å². The molecule has 0 fully saturated rings. The van der Waals surface area contributed by atoms with E-state index in [0.29, 0.717) is 10.6 Å². The second-order valence-corrected chi connectivity index (χ2v) is 10.0. The Hall–Kier alpha value is -3.53. The summed E-state index contributed by atoms with van der Waals surface area (Å²) >= 11 is 5.89. The highest BCUT2D eigenvalue weighted by atomic mass is 35.5. The number of benzene rings is 3. The monoisotopic (exact) mass is 530 g/mol. The minimum Gasteiger partial charge on any atom is -0.480 e. The Morgan fingerprint density at radius 3 is 2.11 bits per heavy atom. The Balaban J connectivity index is 1.52. The fourth-order valence-electron chi connectivity index (χ4n) is 3.28. The molecule has 7 nitrogen and oxygen atoms in total. The van der Waals surface area contributed by atoms with Gasteiger partial charge in [-0.05, 0) is 72.0 Å². The number of hydrogen-bond donors (Lipinski definition) is 3. The average Bonchev–Trinajstić information content (AvgIpc) is 2.86. The highest BCUT2D eigenvalue weighted by Crippen LogP contribution is 2.23. The Morgan fingerprint density at radius 1 is 0.944 bits per heavy atom. The topological polar surface area (TPSA) is 113 Å². The summed E-state index contributed by atoms with van der Waals surface area (Å²) in [7, 11) is -4.08. The molecule has 0 aliphatic heterocycles. The zero-order valence-electron chi connectivity index (χ0n) is 19.0. The number of carbonyl (C=O) groups excluding carboxylic acids is 1. The third-order valence-corrected chi connectivity index (χ3v) is 6.94. The molecule has 36 heavy (non-hydrogen) atoms. The minimum absolute atomic E-state index is 0.0284.